The number of likely N-dealkylation sites (N-methyl/N-ethyl adjacent to an activating group) is 1. The monoisotopic (exact) mass is 161 g/mol. The van der Waals surface area contributed by atoms with E-state index in [0.29, 0.717) is 0 Å². The number of nitrogens with zero attached hydrogens (tertiary/aromatic N) is 1. The van der Waals surface area contributed by atoms with E-state index in [0.717, 1.165) is 12.7 Å². The average Bonchev–Trinajstić information content (AvgIpc) is 2.44. The Morgan fingerprint density at radius 3 is 2.92 bits per heavy atom. The van der Waals surface area contributed by atoms with Gasteiger partial charge in [0.15, 0.2) is 0 Å². The van der Waals surface area contributed by atoms with Gasteiger partial charge in [-0.1, -0.05) is 18.2 Å². The smallest absolute Gasteiger partial charge is 0.142 e. The number of anilines is 1. The Kier molecular flexibility index (Phi) is 1.61. The van der Waals surface area contributed by atoms with E-state index in [9.17, 15) is 4.79 Å². The summed E-state index contributed by atoms with van der Waals surface area (Å²) in [7, 11) is 1.96. The van der Waals surface area contributed by atoms with Crippen molar-refractivity contribution in [1.82, 2.24) is 0 Å². The Morgan fingerprint density at radius 2 is 2.25 bits per heavy atom. The summed E-state index contributed by atoms with van der Waals surface area (Å²) in [5.74, 6) is 0. The molecule has 0 N–H and O–H groups in total. The molecule has 0 bridgehead atoms. The molecule has 0 saturated heterocycles. The summed E-state index contributed by atoms with van der Waals surface area (Å²) >= 11 is 0. The minimum atomic E-state index is 0.0439. The topological polar surface area (TPSA) is 20.3 Å². The van der Waals surface area contributed by atoms with Crippen molar-refractivity contribution >= 4 is 12.0 Å². The molecule has 0 spiro atoms. The first kappa shape index (κ1) is 7.35. The summed E-state index contributed by atoms with van der Waals surface area (Å²) in [6.45, 7) is 0. The number of para-hydroxylation sites is 1. The molecule has 1 aromatic rings. The molecular formula is C10H11NO. The van der Waals surface area contributed by atoms with Crippen LogP contribution in [-0.4, -0.2) is 19.4 Å². The lowest BCUT2D eigenvalue weighted by atomic mass is 10.1. The van der Waals surface area contributed by atoms with Gasteiger partial charge in [0, 0.05) is 19.2 Å². The second-order valence-electron chi connectivity index (χ2n) is 3.15. The molecule has 1 atom stereocenters. The van der Waals surface area contributed by atoms with E-state index >= 15 is 0 Å². The van der Waals surface area contributed by atoms with Crippen molar-refractivity contribution in [2.45, 2.75) is 12.5 Å². The first-order valence-electron chi connectivity index (χ1n) is 4.09. The van der Waals surface area contributed by atoms with Crippen LogP contribution in [0.3, 0.4) is 0 Å². The zero-order valence-corrected chi connectivity index (χ0v) is 7.03. The summed E-state index contributed by atoms with van der Waals surface area (Å²) in [5, 5.41) is 0. The molecule has 1 heterocycles. The molecule has 0 fully saturated rings. The predicted molar refractivity (Wildman–Crippen MR) is 48.4 cm³/mol. The van der Waals surface area contributed by atoms with Crippen LogP contribution in [0.4, 0.5) is 5.69 Å². The zero-order valence-electron chi connectivity index (χ0n) is 7.03. The molecule has 12 heavy (non-hydrogen) atoms. The first-order chi connectivity index (χ1) is 5.83. The van der Waals surface area contributed by atoms with Gasteiger partial charge in [0.2, 0.25) is 0 Å². The quantitative estimate of drug-likeness (QED) is 0.578. The Hall–Kier alpha value is -1.31. The molecular weight excluding hydrogens is 150 g/mol. The molecule has 1 aliphatic rings. The van der Waals surface area contributed by atoms with Crippen molar-refractivity contribution in [3.05, 3.63) is 29.8 Å². The number of carbonyl (C=O) groups excluding carboxylic acids is 1. The van der Waals surface area contributed by atoms with Crippen molar-refractivity contribution in [2.75, 3.05) is 11.9 Å². The minimum absolute atomic E-state index is 0.0439. The Bertz CT molecular complexity index is 308. The highest BCUT2D eigenvalue weighted by atomic mass is 16.1. The highest BCUT2D eigenvalue weighted by Crippen LogP contribution is 2.29. The molecule has 2 heteroatoms. The minimum Gasteiger partial charge on any atom is -0.364 e. The zero-order chi connectivity index (χ0) is 8.55. The lowest BCUT2D eigenvalue weighted by Crippen LogP contribution is -2.28. The lowest BCUT2D eigenvalue weighted by molar-refractivity contribution is -0.108. The largest absolute Gasteiger partial charge is 0.364 e. The number of carbonyl (C=O) groups is 1. The summed E-state index contributed by atoms with van der Waals surface area (Å²) in [4.78, 5) is 12.7. The van der Waals surface area contributed by atoms with Crippen molar-refractivity contribution < 1.29 is 4.79 Å². The predicted octanol–water partition coefficient (Wildman–Crippen LogP) is 1.25. The molecule has 0 unspecified atom stereocenters. The fourth-order valence-corrected chi connectivity index (χ4v) is 1.71. The van der Waals surface area contributed by atoms with Crippen molar-refractivity contribution in [3.8, 4) is 0 Å². The molecule has 0 radical (unpaired) electrons. The lowest BCUT2D eigenvalue weighted by Gasteiger charge is -2.16. The average molecular weight is 161 g/mol. The van der Waals surface area contributed by atoms with Crippen molar-refractivity contribution in [2.24, 2.45) is 0 Å². The van der Waals surface area contributed by atoms with E-state index in [1.807, 2.05) is 24.1 Å². The Balaban J connectivity index is 2.41. The fraction of sp³-hybridized carbons (Fsp3) is 0.300. The van der Waals surface area contributed by atoms with Gasteiger partial charge in [-0.2, -0.15) is 0 Å². The Morgan fingerprint density at radius 1 is 1.50 bits per heavy atom. The number of benzene rings is 1. The third-order valence-corrected chi connectivity index (χ3v) is 2.46. The van der Waals surface area contributed by atoms with Crippen LogP contribution in [0.1, 0.15) is 5.56 Å². The summed E-state index contributed by atoms with van der Waals surface area (Å²) in [6, 6.07) is 8.19. The van der Waals surface area contributed by atoms with Gasteiger partial charge in [0.25, 0.3) is 0 Å². The van der Waals surface area contributed by atoms with Gasteiger partial charge in [-0.05, 0) is 11.6 Å². The van der Waals surface area contributed by atoms with Crippen LogP contribution in [0.5, 0.6) is 0 Å². The molecule has 0 amide bonds. The molecule has 0 aliphatic carbocycles. The Labute approximate surface area is 71.8 Å². The van der Waals surface area contributed by atoms with Crippen LogP contribution < -0.4 is 4.90 Å². The maximum atomic E-state index is 10.6. The molecule has 0 aromatic heterocycles. The summed E-state index contributed by atoms with van der Waals surface area (Å²) < 4.78 is 0. The highest BCUT2D eigenvalue weighted by molar-refractivity contribution is 5.72. The van der Waals surface area contributed by atoms with Crippen LogP contribution in [0.2, 0.25) is 0 Å². The maximum Gasteiger partial charge on any atom is 0.142 e. The van der Waals surface area contributed by atoms with Gasteiger partial charge in [-0.25, -0.2) is 0 Å². The second-order valence-corrected chi connectivity index (χ2v) is 3.15. The summed E-state index contributed by atoms with van der Waals surface area (Å²) in [5.41, 5.74) is 2.46. The fourth-order valence-electron chi connectivity index (χ4n) is 1.71. The molecule has 2 nitrogen and oxygen atoms in total. The van der Waals surface area contributed by atoms with Crippen LogP contribution in [-0.2, 0) is 11.2 Å². The van der Waals surface area contributed by atoms with Gasteiger partial charge in [0.1, 0.15) is 6.29 Å². The van der Waals surface area contributed by atoms with Crippen LogP contribution in [0, 0.1) is 0 Å². The van der Waals surface area contributed by atoms with E-state index in [4.69, 9.17) is 0 Å². The van der Waals surface area contributed by atoms with Gasteiger partial charge >= 0.3 is 0 Å². The number of rotatable bonds is 1. The number of hydrogen-bond donors (Lipinski definition) is 0. The third-order valence-electron chi connectivity index (χ3n) is 2.46. The summed E-state index contributed by atoms with van der Waals surface area (Å²) in [6.07, 6.45) is 1.87. The van der Waals surface area contributed by atoms with E-state index in [-0.39, 0.29) is 6.04 Å². The van der Waals surface area contributed by atoms with Gasteiger partial charge in [-0.15, -0.1) is 0 Å². The second kappa shape index (κ2) is 2.63. The van der Waals surface area contributed by atoms with Gasteiger partial charge in [0.05, 0.1) is 6.04 Å². The van der Waals surface area contributed by atoms with E-state index < -0.39 is 0 Å². The molecule has 0 saturated carbocycles. The van der Waals surface area contributed by atoms with Gasteiger partial charge in [-0.3, -0.25) is 0 Å². The van der Waals surface area contributed by atoms with E-state index in [1.54, 1.807) is 0 Å². The van der Waals surface area contributed by atoms with Crippen LogP contribution in [0.15, 0.2) is 24.3 Å². The van der Waals surface area contributed by atoms with Gasteiger partial charge < -0.3 is 9.69 Å². The van der Waals surface area contributed by atoms with Crippen LogP contribution in [0.25, 0.3) is 0 Å². The molecule has 2 rings (SSSR count). The first-order valence-corrected chi connectivity index (χ1v) is 4.09. The third kappa shape index (κ3) is 0.916. The molecule has 62 valence electrons. The number of aldehydes is 1. The molecule has 1 aliphatic heterocycles. The standard InChI is InChI=1S/C10H11NO/c1-11-9(7-12)6-8-4-2-3-5-10(8)11/h2-5,7,9H,6H2,1H3/t9-/m1/s1. The van der Waals surface area contributed by atoms with Crippen molar-refractivity contribution in [3.63, 3.8) is 0 Å². The highest BCUT2D eigenvalue weighted by Gasteiger charge is 2.24. The maximum absolute atomic E-state index is 10.6. The SMILES string of the molecule is CN1c2ccccc2C[C@@H]1C=O. The van der Waals surface area contributed by atoms with Crippen LogP contribution >= 0.6 is 0 Å². The number of hydrogen-bond acceptors (Lipinski definition) is 2. The van der Waals surface area contributed by atoms with E-state index in [1.165, 1.54) is 11.3 Å². The molecule has 1 aromatic carbocycles. The van der Waals surface area contributed by atoms with E-state index in [2.05, 4.69) is 12.1 Å². The van der Waals surface area contributed by atoms with Crippen molar-refractivity contribution in [1.29, 1.82) is 0 Å². The normalized spacial score (nSPS) is 20.8. The number of fused-ring (bicyclic) bond motifs is 1.